The first kappa shape index (κ1) is 18.4. The van der Waals surface area contributed by atoms with Gasteiger partial charge in [0.15, 0.2) is 0 Å². The van der Waals surface area contributed by atoms with Crippen LogP contribution in [0, 0.1) is 0 Å². The standard InChI is InChI=1S/C18H18ClNO3S/c1-23-18(22)13-4-2-5-15(12-13)20-17(21)6-3-11-24-16-9-7-14(19)8-10-16/h2,4-5,7-10,12H,3,6,11H2,1H3,(H,20,21). The zero-order valence-corrected chi connectivity index (χ0v) is 14.8. The van der Waals surface area contributed by atoms with Crippen molar-refractivity contribution >= 4 is 40.9 Å². The molecule has 126 valence electrons. The SMILES string of the molecule is COC(=O)c1cccc(NC(=O)CCCSc2ccc(Cl)cc2)c1. The molecule has 0 bridgehead atoms. The highest BCUT2D eigenvalue weighted by atomic mass is 35.5. The molecule has 0 radical (unpaired) electrons. The highest BCUT2D eigenvalue weighted by Gasteiger charge is 2.07. The summed E-state index contributed by atoms with van der Waals surface area (Å²) in [4.78, 5) is 24.6. The van der Waals surface area contributed by atoms with Gasteiger partial charge in [-0.25, -0.2) is 4.79 Å². The van der Waals surface area contributed by atoms with E-state index in [-0.39, 0.29) is 5.91 Å². The summed E-state index contributed by atoms with van der Waals surface area (Å²) >= 11 is 7.53. The number of thioether (sulfide) groups is 1. The van der Waals surface area contributed by atoms with Gasteiger partial charge in [-0.2, -0.15) is 0 Å². The van der Waals surface area contributed by atoms with Crippen molar-refractivity contribution in [3.8, 4) is 0 Å². The van der Waals surface area contributed by atoms with E-state index < -0.39 is 5.97 Å². The van der Waals surface area contributed by atoms with E-state index in [4.69, 9.17) is 11.6 Å². The fraction of sp³-hybridized carbons (Fsp3) is 0.222. The summed E-state index contributed by atoms with van der Waals surface area (Å²) in [6.45, 7) is 0. The van der Waals surface area contributed by atoms with E-state index in [9.17, 15) is 9.59 Å². The van der Waals surface area contributed by atoms with Crippen molar-refractivity contribution in [2.75, 3.05) is 18.2 Å². The van der Waals surface area contributed by atoms with Crippen LogP contribution in [-0.2, 0) is 9.53 Å². The Morgan fingerprint density at radius 1 is 1.17 bits per heavy atom. The summed E-state index contributed by atoms with van der Waals surface area (Å²) in [6.07, 6.45) is 1.18. The number of hydrogen-bond donors (Lipinski definition) is 1. The van der Waals surface area contributed by atoms with E-state index in [2.05, 4.69) is 10.1 Å². The number of halogens is 1. The van der Waals surface area contributed by atoms with E-state index in [0.717, 1.165) is 17.1 Å². The average molecular weight is 364 g/mol. The van der Waals surface area contributed by atoms with Gasteiger partial charge in [-0.1, -0.05) is 17.7 Å². The minimum atomic E-state index is -0.425. The summed E-state index contributed by atoms with van der Waals surface area (Å²) in [5, 5.41) is 3.51. The molecule has 0 aromatic heterocycles. The lowest BCUT2D eigenvalue weighted by Crippen LogP contribution is -2.12. The Bertz CT molecular complexity index is 704. The van der Waals surface area contributed by atoms with Crippen LogP contribution in [0.1, 0.15) is 23.2 Å². The first-order valence-corrected chi connectivity index (χ1v) is 8.81. The van der Waals surface area contributed by atoms with Gasteiger partial charge in [-0.05, 0) is 54.6 Å². The first-order chi connectivity index (χ1) is 11.6. The minimum Gasteiger partial charge on any atom is -0.465 e. The van der Waals surface area contributed by atoms with E-state index in [1.165, 1.54) is 7.11 Å². The zero-order valence-electron chi connectivity index (χ0n) is 13.3. The summed E-state index contributed by atoms with van der Waals surface area (Å²) in [5.41, 5.74) is 1.00. The third-order valence-corrected chi connectivity index (χ3v) is 4.55. The number of carbonyl (C=O) groups excluding carboxylic acids is 2. The highest BCUT2D eigenvalue weighted by molar-refractivity contribution is 7.99. The van der Waals surface area contributed by atoms with Gasteiger partial charge in [0.1, 0.15) is 0 Å². The Kier molecular flexibility index (Phi) is 7.15. The van der Waals surface area contributed by atoms with E-state index in [1.54, 1.807) is 36.0 Å². The average Bonchev–Trinajstić information content (AvgIpc) is 2.60. The van der Waals surface area contributed by atoms with Crippen LogP contribution in [0.15, 0.2) is 53.4 Å². The molecular weight excluding hydrogens is 346 g/mol. The largest absolute Gasteiger partial charge is 0.465 e. The molecule has 0 aliphatic rings. The van der Waals surface area contributed by atoms with E-state index >= 15 is 0 Å². The molecule has 2 aromatic rings. The number of ether oxygens (including phenoxy) is 1. The highest BCUT2D eigenvalue weighted by Crippen LogP contribution is 2.21. The minimum absolute atomic E-state index is 0.0753. The third-order valence-electron chi connectivity index (χ3n) is 3.20. The Labute approximate surface area is 150 Å². The molecule has 0 unspecified atom stereocenters. The maximum absolute atomic E-state index is 12.0. The molecule has 0 heterocycles. The molecule has 0 spiro atoms. The lowest BCUT2D eigenvalue weighted by molar-refractivity contribution is -0.116. The molecular formula is C18H18ClNO3S. The Morgan fingerprint density at radius 3 is 2.62 bits per heavy atom. The number of amides is 1. The predicted octanol–water partition coefficient (Wildman–Crippen LogP) is 4.64. The molecule has 0 atom stereocenters. The molecule has 0 saturated carbocycles. The zero-order chi connectivity index (χ0) is 17.4. The van der Waals surface area contributed by atoms with Gasteiger partial charge in [0.2, 0.25) is 5.91 Å². The van der Waals surface area contributed by atoms with Crippen molar-refractivity contribution in [2.45, 2.75) is 17.7 Å². The van der Waals surface area contributed by atoms with Crippen LogP contribution in [0.25, 0.3) is 0 Å². The van der Waals surface area contributed by atoms with Gasteiger partial charge in [-0.15, -0.1) is 11.8 Å². The predicted molar refractivity (Wildman–Crippen MR) is 97.8 cm³/mol. The lowest BCUT2D eigenvalue weighted by atomic mass is 10.2. The molecule has 2 aromatic carbocycles. The van der Waals surface area contributed by atoms with E-state index in [0.29, 0.717) is 22.7 Å². The number of methoxy groups -OCH3 is 1. The second kappa shape index (κ2) is 9.35. The first-order valence-electron chi connectivity index (χ1n) is 7.45. The van der Waals surface area contributed by atoms with Crippen molar-refractivity contribution in [3.63, 3.8) is 0 Å². The summed E-state index contributed by atoms with van der Waals surface area (Å²) in [6, 6.07) is 14.3. The third kappa shape index (κ3) is 5.91. The van der Waals surface area contributed by atoms with Gasteiger partial charge in [0, 0.05) is 22.0 Å². The summed E-state index contributed by atoms with van der Waals surface area (Å²) < 4.78 is 4.66. The van der Waals surface area contributed by atoms with Crippen LogP contribution in [0.2, 0.25) is 5.02 Å². The van der Waals surface area contributed by atoms with Crippen molar-refractivity contribution in [1.82, 2.24) is 0 Å². The van der Waals surface area contributed by atoms with Crippen molar-refractivity contribution in [3.05, 3.63) is 59.1 Å². The number of carbonyl (C=O) groups is 2. The molecule has 6 heteroatoms. The number of rotatable bonds is 7. The second-order valence-electron chi connectivity index (χ2n) is 5.03. The molecule has 1 amide bonds. The second-order valence-corrected chi connectivity index (χ2v) is 6.63. The maximum Gasteiger partial charge on any atom is 0.337 e. The maximum atomic E-state index is 12.0. The van der Waals surface area contributed by atoms with Crippen molar-refractivity contribution < 1.29 is 14.3 Å². The number of anilines is 1. The topological polar surface area (TPSA) is 55.4 Å². The number of esters is 1. The fourth-order valence-electron chi connectivity index (χ4n) is 2.02. The Balaban J connectivity index is 1.75. The smallest absolute Gasteiger partial charge is 0.337 e. The number of benzene rings is 2. The molecule has 1 N–H and O–H groups in total. The molecule has 24 heavy (non-hydrogen) atoms. The quantitative estimate of drug-likeness (QED) is 0.442. The summed E-state index contributed by atoms with van der Waals surface area (Å²) in [5.74, 6) is 0.344. The van der Waals surface area contributed by atoms with Crippen molar-refractivity contribution in [1.29, 1.82) is 0 Å². The number of nitrogens with one attached hydrogen (secondary N) is 1. The van der Waals surface area contributed by atoms with Gasteiger partial charge in [0.05, 0.1) is 12.7 Å². The van der Waals surface area contributed by atoms with E-state index in [1.807, 2.05) is 24.3 Å². The molecule has 2 rings (SSSR count). The van der Waals surface area contributed by atoms with Crippen molar-refractivity contribution in [2.24, 2.45) is 0 Å². The monoisotopic (exact) mass is 363 g/mol. The molecule has 0 saturated heterocycles. The van der Waals surface area contributed by atoms with Crippen LogP contribution in [0.4, 0.5) is 5.69 Å². The van der Waals surface area contributed by atoms with Crippen LogP contribution < -0.4 is 5.32 Å². The van der Waals surface area contributed by atoms with Gasteiger partial charge in [-0.3, -0.25) is 4.79 Å². The van der Waals surface area contributed by atoms with Gasteiger partial charge >= 0.3 is 5.97 Å². The van der Waals surface area contributed by atoms with Gasteiger partial charge in [0.25, 0.3) is 0 Å². The van der Waals surface area contributed by atoms with Crippen LogP contribution in [0.3, 0.4) is 0 Å². The number of hydrogen-bond acceptors (Lipinski definition) is 4. The van der Waals surface area contributed by atoms with Crippen LogP contribution >= 0.6 is 23.4 Å². The van der Waals surface area contributed by atoms with Gasteiger partial charge < -0.3 is 10.1 Å². The lowest BCUT2D eigenvalue weighted by Gasteiger charge is -2.07. The Hall–Kier alpha value is -1.98. The summed E-state index contributed by atoms with van der Waals surface area (Å²) in [7, 11) is 1.33. The molecule has 0 fully saturated rings. The van der Waals surface area contributed by atoms with Crippen LogP contribution in [0.5, 0.6) is 0 Å². The molecule has 0 aliphatic heterocycles. The molecule has 0 aliphatic carbocycles. The Morgan fingerprint density at radius 2 is 1.92 bits per heavy atom. The normalized spacial score (nSPS) is 10.2. The molecule has 4 nitrogen and oxygen atoms in total. The van der Waals surface area contributed by atoms with Crippen LogP contribution in [-0.4, -0.2) is 24.7 Å². The fourth-order valence-corrected chi connectivity index (χ4v) is 3.00.